The summed E-state index contributed by atoms with van der Waals surface area (Å²) in [6.45, 7) is 12.2. The Kier molecular flexibility index (Phi) is 38.9. The number of hydrogen-bond acceptors (Lipinski definition) is 2. The van der Waals surface area contributed by atoms with E-state index in [1.54, 1.807) is 0 Å². The molecule has 2 nitrogen and oxygen atoms in total. The molecular formula is C40H83NO. The maximum absolute atomic E-state index is 5.69. The van der Waals surface area contributed by atoms with Gasteiger partial charge in [-0.05, 0) is 32.9 Å². The lowest BCUT2D eigenvalue weighted by Crippen LogP contribution is -2.30. The van der Waals surface area contributed by atoms with Crippen LogP contribution in [0.2, 0.25) is 0 Å². The molecule has 0 saturated carbocycles. The molecule has 0 aliphatic carbocycles. The molecule has 0 radical (unpaired) electrons. The van der Waals surface area contributed by atoms with E-state index in [0.717, 1.165) is 19.8 Å². The molecular weight excluding hydrogens is 510 g/mol. The third-order valence-electron chi connectivity index (χ3n) is 9.41. The predicted octanol–water partition coefficient (Wildman–Crippen LogP) is 13.8. The van der Waals surface area contributed by atoms with Gasteiger partial charge < -0.3 is 9.64 Å². The average Bonchev–Trinajstić information content (AvgIpc) is 3.00. The first-order valence-electron chi connectivity index (χ1n) is 20.1. The highest BCUT2D eigenvalue weighted by Crippen LogP contribution is 2.15. The van der Waals surface area contributed by atoms with Gasteiger partial charge in [-0.3, -0.25) is 0 Å². The van der Waals surface area contributed by atoms with Crippen molar-refractivity contribution in [2.24, 2.45) is 0 Å². The van der Waals surface area contributed by atoms with E-state index in [0.29, 0.717) is 0 Å². The monoisotopic (exact) mass is 594 g/mol. The van der Waals surface area contributed by atoms with Gasteiger partial charge >= 0.3 is 0 Å². The Bertz CT molecular complexity index is 417. The second-order valence-corrected chi connectivity index (χ2v) is 13.6. The van der Waals surface area contributed by atoms with Crippen LogP contribution in [0.15, 0.2) is 0 Å². The second kappa shape index (κ2) is 38.9. The fourth-order valence-corrected chi connectivity index (χ4v) is 6.44. The normalized spacial score (nSPS) is 11.7. The lowest BCUT2D eigenvalue weighted by Gasteiger charge is -2.22. The van der Waals surface area contributed by atoms with E-state index in [1.807, 2.05) is 0 Å². The summed E-state index contributed by atoms with van der Waals surface area (Å²) in [4.78, 5) is 2.70. The van der Waals surface area contributed by atoms with Crippen LogP contribution in [0.5, 0.6) is 0 Å². The molecule has 0 N–H and O–H groups in total. The standard InChI is InChI=1S/C40H83NO/c1-4-7-9-11-13-15-17-19-21-23-25-27-29-31-33-35-37-41(39-40-42-6-3)38-36-34-32-30-28-26-24-22-20-18-16-14-12-10-8-5-2/h4-40H2,1-3H3. The van der Waals surface area contributed by atoms with Gasteiger partial charge in [-0.15, -0.1) is 0 Å². The largest absolute Gasteiger partial charge is 0.380 e. The maximum atomic E-state index is 5.69. The summed E-state index contributed by atoms with van der Waals surface area (Å²) in [5.41, 5.74) is 0. The smallest absolute Gasteiger partial charge is 0.0593 e. The Morgan fingerprint density at radius 1 is 0.286 bits per heavy atom. The molecule has 0 heterocycles. The molecule has 0 aromatic heterocycles. The van der Waals surface area contributed by atoms with Gasteiger partial charge in [-0.2, -0.15) is 0 Å². The first-order chi connectivity index (χ1) is 20.8. The quantitative estimate of drug-likeness (QED) is 0.0660. The van der Waals surface area contributed by atoms with Crippen LogP contribution in [0.4, 0.5) is 0 Å². The van der Waals surface area contributed by atoms with Crippen LogP contribution >= 0.6 is 0 Å². The van der Waals surface area contributed by atoms with Gasteiger partial charge in [-0.1, -0.05) is 206 Å². The summed E-state index contributed by atoms with van der Waals surface area (Å²) in [5, 5.41) is 0. The molecule has 254 valence electrons. The van der Waals surface area contributed by atoms with Gasteiger partial charge in [0.05, 0.1) is 6.61 Å². The molecule has 0 aliphatic rings. The molecule has 42 heavy (non-hydrogen) atoms. The van der Waals surface area contributed by atoms with E-state index in [4.69, 9.17) is 4.74 Å². The Balaban J connectivity index is 3.52. The molecule has 0 atom stereocenters. The number of ether oxygens (including phenoxy) is 1. The number of nitrogens with zero attached hydrogens (tertiary/aromatic N) is 1. The van der Waals surface area contributed by atoms with Crippen molar-refractivity contribution in [1.29, 1.82) is 0 Å². The topological polar surface area (TPSA) is 12.5 Å². The van der Waals surface area contributed by atoms with E-state index < -0.39 is 0 Å². The maximum Gasteiger partial charge on any atom is 0.0593 e. The van der Waals surface area contributed by atoms with Crippen LogP contribution in [0.25, 0.3) is 0 Å². The van der Waals surface area contributed by atoms with Crippen LogP contribution in [0, 0.1) is 0 Å². The zero-order valence-corrected chi connectivity index (χ0v) is 30.0. The fraction of sp³-hybridized carbons (Fsp3) is 1.00. The lowest BCUT2D eigenvalue weighted by molar-refractivity contribution is 0.111. The second-order valence-electron chi connectivity index (χ2n) is 13.6. The fourth-order valence-electron chi connectivity index (χ4n) is 6.44. The molecule has 0 fully saturated rings. The molecule has 0 bridgehead atoms. The molecule has 0 unspecified atom stereocenters. The zero-order valence-electron chi connectivity index (χ0n) is 30.0. The molecule has 0 rings (SSSR count). The summed E-state index contributed by atoms with van der Waals surface area (Å²) < 4.78 is 5.69. The van der Waals surface area contributed by atoms with E-state index in [1.165, 1.54) is 219 Å². The highest BCUT2D eigenvalue weighted by Gasteiger charge is 2.05. The van der Waals surface area contributed by atoms with Gasteiger partial charge in [-0.25, -0.2) is 0 Å². The molecule has 0 amide bonds. The van der Waals surface area contributed by atoms with Gasteiger partial charge in [0, 0.05) is 13.2 Å². The van der Waals surface area contributed by atoms with Crippen molar-refractivity contribution in [2.75, 3.05) is 32.8 Å². The van der Waals surface area contributed by atoms with E-state index in [-0.39, 0.29) is 0 Å². The van der Waals surface area contributed by atoms with Crippen molar-refractivity contribution in [3.8, 4) is 0 Å². The van der Waals surface area contributed by atoms with Crippen molar-refractivity contribution >= 4 is 0 Å². The van der Waals surface area contributed by atoms with Crippen molar-refractivity contribution in [1.82, 2.24) is 4.90 Å². The first kappa shape index (κ1) is 41.9. The lowest BCUT2D eigenvalue weighted by atomic mass is 10.0. The predicted molar refractivity (Wildman–Crippen MR) is 192 cm³/mol. The van der Waals surface area contributed by atoms with Gasteiger partial charge in [0.2, 0.25) is 0 Å². The molecule has 2 heteroatoms. The van der Waals surface area contributed by atoms with Gasteiger partial charge in [0.1, 0.15) is 0 Å². The van der Waals surface area contributed by atoms with Crippen molar-refractivity contribution < 1.29 is 4.74 Å². The van der Waals surface area contributed by atoms with Crippen LogP contribution in [0.1, 0.15) is 226 Å². The van der Waals surface area contributed by atoms with Crippen molar-refractivity contribution in [2.45, 2.75) is 226 Å². The minimum atomic E-state index is 0.853. The Morgan fingerprint density at radius 2 is 0.524 bits per heavy atom. The van der Waals surface area contributed by atoms with Gasteiger partial charge in [0.15, 0.2) is 0 Å². The minimum Gasteiger partial charge on any atom is -0.380 e. The highest BCUT2D eigenvalue weighted by atomic mass is 16.5. The highest BCUT2D eigenvalue weighted by molar-refractivity contribution is 4.60. The van der Waals surface area contributed by atoms with Crippen molar-refractivity contribution in [3.05, 3.63) is 0 Å². The molecule has 0 spiro atoms. The summed E-state index contributed by atoms with van der Waals surface area (Å²) in [6, 6.07) is 0. The zero-order chi connectivity index (χ0) is 30.4. The molecule has 0 saturated heterocycles. The minimum absolute atomic E-state index is 0.853. The van der Waals surface area contributed by atoms with E-state index >= 15 is 0 Å². The number of unbranched alkanes of at least 4 members (excludes halogenated alkanes) is 30. The Morgan fingerprint density at radius 3 is 0.762 bits per heavy atom. The van der Waals surface area contributed by atoms with Crippen LogP contribution in [0.3, 0.4) is 0 Å². The average molecular weight is 594 g/mol. The number of hydrogen-bond donors (Lipinski definition) is 0. The van der Waals surface area contributed by atoms with Crippen LogP contribution in [-0.4, -0.2) is 37.7 Å². The molecule has 0 aliphatic heterocycles. The van der Waals surface area contributed by atoms with E-state index in [2.05, 4.69) is 25.7 Å². The van der Waals surface area contributed by atoms with Crippen LogP contribution in [-0.2, 0) is 4.74 Å². The first-order valence-corrected chi connectivity index (χ1v) is 20.1. The third-order valence-corrected chi connectivity index (χ3v) is 9.41. The van der Waals surface area contributed by atoms with Crippen molar-refractivity contribution in [3.63, 3.8) is 0 Å². The summed E-state index contributed by atoms with van der Waals surface area (Å²) >= 11 is 0. The summed E-state index contributed by atoms with van der Waals surface area (Å²) in [5.74, 6) is 0. The Labute approximate surface area is 268 Å². The summed E-state index contributed by atoms with van der Waals surface area (Å²) in [6.07, 6.45) is 46.4. The molecule has 0 aromatic rings. The van der Waals surface area contributed by atoms with Crippen LogP contribution < -0.4 is 0 Å². The van der Waals surface area contributed by atoms with Gasteiger partial charge in [0.25, 0.3) is 0 Å². The van der Waals surface area contributed by atoms with E-state index in [9.17, 15) is 0 Å². The third kappa shape index (κ3) is 36.1. The summed E-state index contributed by atoms with van der Waals surface area (Å²) in [7, 11) is 0. The molecule has 0 aromatic carbocycles. The number of rotatable bonds is 38. The SMILES string of the molecule is CCCCCCCCCCCCCCCCCCN(CCCCCCCCCCCCCCCCCC)CCOCC. The Hall–Kier alpha value is -0.0800.